The van der Waals surface area contributed by atoms with Crippen LogP contribution < -0.4 is 9.64 Å². The Morgan fingerprint density at radius 1 is 0.844 bits per heavy atom. The molecular weight excluding hydrogens is 406 g/mol. The molecule has 1 heterocycles. The fourth-order valence-electron chi connectivity index (χ4n) is 3.94. The van der Waals surface area contributed by atoms with Gasteiger partial charge in [-0.25, -0.2) is 4.79 Å². The van der Waals surface area contributed by atoms with Crippen molar-refractivity contribution in [1.82, 2.24) is 0 Å². The van der Waals surface area contributed by atoms with Crippen molar-refractivity contribution in [2.24, 2.45) is 5.92 Å². The lowest BCUT2D eigenvalue weighted by atomic mass is 9.78. The van der Waals surface area contributed by atoms with E-state index in [1.54, 1.807) is 92.9 Å². The Balaban J connectivity index is 1.62. The Morgan fingerprint density at radius 2 is 1.41 bits per heavy atom. The number of rotatable bonds is 7. The van der Waals surface area contributed by atoms with Gasteiger partial charge in [-0.05, 0) is 43.3 Å². The van der Waals surface area contributed by atoms with Gasteiger partial charge >= 0.3 is 5.97 Å². The molecule has 1 aliphatic rings. The van der Waals surface area contributed by atoms with Gasteiger partial charge in [0.1, 0.15) is 23.8 Å². The third kappa shape index (κ3) is 3.99. The number of nitrogens with zero attached hydrogens (tertiary/aromatic N) is 1. The highest BCUT2D eigenvalue weighted by Crippen LogP contribution is 2.38. The number of amides is 1. The molecule has 0 radical (unpaired) electrons. The molecule has 1 unspecified atom stereocenters. The molecule has 3 atom stereocenters. The summed E-state index contributed by atoms with van der Waals surface area (Å²) in [6.07, 6.45) is -0.776. The smallest absolute Gasteiger partial charge is 0.338 e. The van der Waals surface area contributed by atoms with Crippen LogP contribution in [0.25, 0.3) is 0 Å². The highest BCUT2D eigenvalue weighted by Gasteiger charge is 2.55. The molecule has 6 heteroatoms. The Labute approximate surface area is 186 Å². The number of esters is 1. The first-order valence-corrected chi connectivity index (χ1v) is 10.3. The summed E-state index contributed by atoms with van der Waals surface area (Å²) in [4.78, 5) is 40.6. The first-order chi connectivity index (χ1) is 15.5. The predicted octanol–water partition coefficient (Wildman–Crippen LogP) is 4.16. The zero-order chi connectivity index (χ0) is 22.7. The zero-order valence-corrected chi connectivity index (χ0v) is 17.8. The number of carbonyl (C=O) groups is 3. The molecule has 162 valence electrons. The van der Waals surface area contributed by atoms with Crippen LogP contribution in [0, 0.1) is 5.92 Å². The number of methoxy groups -OCH3 is 1. The largest absolute Gasteiger partial charge is 0.497 e. The molecule has 1 amide bonds. The minimum absolute atomic E-state index is 0.200. The van der Waals surface area contributed by atoms with E-state index in [1.807, 2.05) is 6.07 Å². The summed E-state index contributed by atoms with van der Waals surface area (Å²) in [7, 11) is 1.56. The predicted molar refractivity (Wildman–Crippen MR) is 120 cm³/mol. The van der Waals surface area contributed by atoms with Crippen LogP contribution in [0.4, 0.5) is 5.69 Å². The van der Waals surface area contributed by atoms with Crippen LogP contribution in [0.2, 0.25) is 0 Å². The third-order valence-corrected chi connectivity index (χ3v) is 5.63. The number of carbonyl (C=O) groups excluding carboxylic acids is 3. The Hall–Kier alpha value is -3.93. The van der Waals surface area contributed by atoms with E-state index in [2.05, 4.69) is 0 Å². The van der Waals surface area contributed by atoms with Crippen LogP contribution in [0.1, 0.15) is 27.6 Å². The number of anilines is 1. The first-order valence-electron chi connectivity index (χ1n) is 10.3. The van der Waals surface area contributed by atoms with Gasteiger partial charge in [-0.2, -0.15) is 0 Å². The lowest BCUT2D eigenvalue weighted by Crippen LogP contribution is -2.68. The quantitative estimate of drug-likeness (QED) is 0.320. The van der Waals surface area contributed by atoms with Crippen LogP contribution in [0.5, 0.6) is 5.75 Å². The minimum Gasteiger partial charge on any atom is -0.497 e. The summed E-state index contributed by atoms with van der Waals surface area (Å²) in [6.45, 7) is 1.65. The SMILES string of the molecule is COc1ccc(N2C(=O)[C@@H](C(C)OC(=O)c3ccccc3)[C@@H]2C(=O)c2ccccc2)cc1. The maximum atomic E-state index is 13.4. The van der Waals surface area contributed by atoms with E-state index in [0.29, 0.717) is 22.6 Å². The lowest BCUT2D eigenvalue weighted by Gasteiger charge is -2.47. The number of ether oxygens (including phenoxy) is 2. The molecule has 6 nitrogen and oxygen atoms in total. The van der Waals surface area contributed by atoms with Gasteiger partial charge in [0.05, 0.1) is 12.7 Å². The van der Waals surface area contributed by atoms with Gasteiger partial charge in [0.15, 0.2) is 5.78 Å². The zero-order valence-electron chi connectivity index (χ0n) is 17.8. The highest BCUT2D eigenvalue weighted by atomic mass is 16.5. The monoisotopic (exact) mass is 429 g/mol. The highest BCUT2D eigenvalue weighted by molar-refractivity contribution is 6.17. The average Bonchev–Trinajstić information content (AvgIpc) is 2.83. The van der Waals surface area contributed by atoms with Gasteiger partial charge in [0, 0.05) is 11.3 Å². The minimum atomic E-state index is -0.781. The van der Waals surface area contributed by atoms with Crippen molar-refractivity contribution in [1.29, 1.82) is 0 Å². The lowest BCUT2D eigenvalue weighted by molar-refractivity contribution is -0.134. The van der Waals surface area contributed by atoms with Crippen molar-refractivity contribution in [2.75, 3.05) is 12.0 Å². The third-order valence-electron chi connectivity index (χ3n) is 5.63. The van der Waals surface area contributed by atoms with Gasteiger partial charge in [-0.15, -0.1) is 0 Å². The van der Waals surface area contributed by atoms with E-state index in [1.165, 1.54) is 4.90 Å². The molecule has 0 bridgehead atoms. The second-order valence-electron chi connectivity index (χ2n) is 7.58. The fraction of sp³-hybridized carbons (Fsp3) is 0.192. The number of benzene rings is 3. The molecule has 0 spiro atoms. The van der Waals surface area contributed by atoms with Crippen molar-refractivity contribution in [3.8, 4) is 5.75 Å². The van der Waals surface area contributed by atoms with Crippen LogP contribution in [-0.4, -0.2) is 36.9 Å². The van der Waals surface area contributed by atoms with Crippen molar-refractivity contribution < 1.29 is 23.9 Å². The van der Waals surface area contributed by atoms with Crippen LogP contribution in [0.3, 0.4) is 0 Å². The van der Waals surface area contributed by atoms with E-state index >= 15 is 0 Å². The average molecular weight is 429 g/mol. The van der Waals surface area contributed by atoms with Gasteiger partial charge in [0.2, 0.25) is 5.91 Å². The van der Waals surface area contributed by atoms with E-state index in [4.69, 9.17) is 9.47 Å². The molecule has 0 aliphatic carbocycles. The Kier molecular flexibility index (Phi) is 6.03. The topological polar surface area (TPSA) is 72.9 Å². The van der Waals surface area contributed by atoms with Gasteiger partial charge < -0.3 is 14.4 Å². The maximum absolute atomic E-state index is 13.4. The second-order valence-corrected chi connectivity index (χ2v) is 7.58. The van der Waals surface area contributed by atoms with Crippen LogP contribution in [-0.2, 0) is 9.53 Å². The number of Topliss-reactive ketones (excluding diaryl/α,β-unsaturated/α-hetero) is 1. The molecule has 0 saturated carbocycles. The second kappa shape index (κ2) is 9.06. The summed E-state index contributed by atoms with van der Waals surface area (Å²) in [5, 5.41) is 0. The Morgan fingerprint density at radius 3 is 1.97 bits per heavy atom. The van der Waals surface area contributed by atoms with Crippen LogP contribution >= 0.6 is 0 Å². The van der Waals surface area contributed by atoms with E-state index in [0.717, 1.165) is 0 Å². The summed E-state index contributed by atoms with van der Waals surface area (Å²) in [6, 6.07) is 23.5. The number of ketones is 1. The maximum Gasteiger partial charge on any atom is 0.338 e. The van der Waals surface area contributed by atoms with Crippen molar-refractivity contribution in [2.45, 2.75) is 19.1 Å². The Bertz CT molecular complexity index is 1110. The van der Waals surface area contributed by atoms with Crippen LogP contribution in [0.15, 0.2) is 84.9 Å². The molecule has 1 fully saturated rings. The molecular formula is C26H23NO5. The fourth-order valence-corrected chi connectivity index (χ4v) is 3.94. The van der Waals surface area contributed by atoms with E-state index < -0.39 is 24.0 Å². The van der Waals surface area contributed by atoms with E-state index in [9.17, 15) is 14.4 Å². The van der Waals surface area contributed by atoms with E-state index in [-0.39, 0.29) is 11.7 Å². The van der Waals surface area contributed by atoms with Crippen molar-refractivity contribution in [3.05, 3.63) is 96.1 Å². The van der Waals surface area contributed by atoms with Gasteiger partial charge in [-0.3, -0.25) is 9.59 Å². The molecule has 0 aromatic heterocycles. The number of hydrogen-bond acceptors (Lipinski definition) is 5. The standard InChI is InChI=1S/C26H23NO5/c1-17(32-26(30)19-11-7-4-8-12-19)22-23(24(28)18-9-5-3-6-10-18)27(25(22)29)20-13-15-21(31-2)16-14-20/h3-17,22-23H,1-2H3/t17?,22-,23+/m0/s1. The van der Waals surface area contributed by atoms with Gasteiger partial charge in [0.25, 0.3) is 0 Å². The molecule has 1 saturated heterocycles. The summed E-state index contributed by atoms with van der Waals surface area (Å²) in [5.74, 6) is -1.13. The first kappa shape index (κ1) is 21.3. The van der Waals surface area contributed by atoms with Crippen molar-refractivity contribution >= 4 is 23.3 Å². The molecule has 0 N–H and O–H groups in total. The normalized spacial score (nSPS) is 18.4. The summed E-state index contributed by atoms with van der Waals surface area (Å²) in [5.41, 5.74) is 1.47. The summed E-state index contributed by atoms with van der Waals surface area (Å²) >= 11 is 0. The summed E-state index contributed by atoms with van der Waals surface area (Å²) < 4.78 is 10.8. The number of β-lactam (4-membered cyclic amide) rings is 1. The van der Waals surface area contributed by atoms with Crippen molar-refractivity contribution in [3.63, 3.8) is 0 Å². The molecule has 1 aliphatic heterocycles. The number of hydrogen-bond donors (Lipinski definition) is 0. The van der Waals surface area contributed by atoms with Gasteiger partial charge in [-0.1, -0.05) is 48.5 Å². The molecule has 32 heavy (non-hydrogen) atoms. The molecule has 3 aromatic rings. The molecule has 4 rings (SSSR count). The molecule has 3 aromatic carbocycles.